The Labute approximate surface area is 108 Å². The summed E-state index contributed by atoms with van der Waals surface area (Å²) in [5.41, 5.74) is -0.482. The lowest BCUT2D eigenvalue weighted by molar-refractivity contribution is -0.118. The molecule has 1 amide bonds. The van der Waals surface area contributed by atoms with Crippen molar-refractivity contribution in [2.75, 3.05) is 19.7 Å². The van der Waals surface area contributed by atoms with Gasteiger partial charge in [0.1, 0.15) is 11.4 Å². The van der Waals surface area contributed by atoms with Gasteiger partial charge in [-0.3, -0.25) is 0 Å². The fraction of sp³-hybridized carbons (Fsp3) is 0.846. The molecule has 1 fully saturated rings. The van der Waals surface area contributed by atoms with Crippen LogP contribution < -0.4 is 0 Å². The van der Waals surface area contributed by atoms with Crippen LogP contribution in [-0.4, -0.2) is 48.2 Å². The second-order valence-electron chi connectivity index (χ2n) is 5.66. The summed E-state index contributed by atoms with van der Waals surface area (Å²) in [5, 5.41) is 0. The van der Waals surface area contributed by atoms with Crippen molar-refractivity contribution in [3.63, 3.8) is 0 Å². The summed E-state index contributed by atoms with van der Waals surface area (Å²) < 4.78 is 10.9. The third kappa shape index (κ3) is 5.49. The molecule has 104 valence electrons. The Kier molecular flexibility index (Phi) is 5.14. The zero-order valence-corrected chi connectivity index (χ0v) is 11.7. The van der Waals surface area contributed by atoms with E-state index in [0.29, 0.717) is 32.5 Å². The summed E-state index contributed by atoms with van der Waals surface area (Å²) in [4.78, 5) is 24.5. The number of ether oxygens (including phenoxy) is 2. The van der Waals surface area contributed by atoms with Crippen LogP contribution in [0.1, 0.15) is 40.5 Å². The van der Waals surface area contributed by atoms with E-state index in [2.05, 4.69) is 0 Å². The van der Waals surface area contributed by atoms with Gasteiger partial charge in [-0.2, -0.15) is 0 Å². The van der Waals surface area contributed by atoms with Gasteiger partial charge in [0, 0.05) is 13.0 Å². The fourth-order valence-electron chi connectivity index (χ4n) is 1.75. The van der Waals surface area contributed by atoms with Crippen molar-refractivity contribution in [3.05, 3.63) is 0 Å². The minimum absolute atomic E-state index is 0.0600. The predicted molar refractivity (Wildman–Crippen MR) is 67.5 cm³/mol. The number of hydrogen-bond donors (Lipinski definition) is 0. The lowest BCUT2D eigenvalue weighted by Crippen LogP contribution is -2.47. The third-order valence-corrected chi connectivity index (χ3v) is 2.61. The van der Waals surface area contributed by atoms with Crippen LogP contribution in [0.4, 0.5) is 4.79 Å². The SMILES string of the molecule is CC(=O)CCC1CN(C(=O)OC(C)(C)C)CCO1. The average Bonchev–Trinajstić information content (AvgIpc) is 2.24. The number of carbonyl (C=O) groups is 2. The number of morpholine rings is 1. The minimum Gasteiger partial charge on any atom is -0.444 e. The van der Waals surface area contributed by atoms with E-state index < -0.39 is 5.60 Å². The standard InChI is InChI=1S/C13H23NO4/c1-10(15)5-6-11-9-14(7-8-17-11)12(16)18-13(2,3)4/h11H,5-9H2,1-4H3. The molecule has 1 atom stereocenters. The van der Waals surface area contributed by atoms with Crippen molar-refractivity contribution in [3.8, 4) is 0 Å². The maximum atomic E-state index is 11.9. The highest BCUT2D eigenvalue weighted by Crippen LogP contribution is 2.15. The van der Waals surface area contributed by atoms with Gasteiger partial charge in [0.25, 0.3) is 0 Å². The minimum atomic E-state index is -0.482. The van der Waals surface area contributed by atoms with Gasteiger partial charge < -0.3 is 19.2 Å². The van der Waals surface area contributed by atoms with Crippen LogP contribution in [0.25, 0.3) is 0 Å². The highest BCUT2D eigenvalue weighted by molar-refractivity contribution is 5.75. The molecule has 5 nitrogen and oxygen atoms in total. The number of hydrogen-bond acceptors (Lipinski definition) is 4. The summed E-state index contributed by atoms with van der Waals surface area (Å²) in [7, 11) is 0. The van der Waals surface area contributed by atoms with E-state index in [-0.39, 0.29) is 18.0 Å². The first-order chi connectivity index (χ1) is 8.28. The van der Waals surface area contributed by atoms with Gasteiger partial charge in [-0.25, -0.2) is 4.79 Å². The Balaban J connectivity index is 2.43. The molecule has 1 aliphatic rings. The van der Waals surface area contributed by atoms with Crippen LogP contribution in [0.2, 0.25) is 0 Å². The van der Waals surface area contributed by atoms with Gasteiger partial charge >= 0.3 is 6.09 Å². The van der Waals surface area contributed by atoms with Crippen molar-refractivity contribution < 1.29 is 19.1 Å². The Morgan fingerprint density at radius 3 is 2.61 bits per heavy atom. The number of ketones is 1. The van der Waals surface area contributed by atoms with Crippen LogP contribution >= 0.6 is 0 Å². The first-order valence-electron chi connectivity index (χ1n) is 6.37. The molecular formula is C13H23NO4. The van der Waals surface area contributed by atoms with E-state index in [1.165, 1.54) is 0 Å². The average molecular weight is 257 g/mol. The molecule has 5 heteroatoms. The van der Waals surface area contributed by atoms with Crippen LogP contribution in [0.15, 0.2) is 0 Å². The number of amides is 1. The number of Topliss-reactive ketones (excluding diaryl/α,β-unsaturated/α-hetero) is 1. The molecule has 0 spiro atoms. The van der Waals surface area contributed by atoms with Crippen LogP contribution in [0.3, 0.4) is 0 Å². The van der Waals surface area contributed by atoms with E-state index in [0.717, 1.165) is 0 Å². The molecule has 0 radical (unpaired) electrons. The molecule has 0 aliphatic carbocycles. The highest BCUT2D eigenvalue weighted by atomic mass is 16.6. The Morgan fingerprint density at radius 2 is 2.06 bits per heavy atom. The lowest BCUT2D eigenvalue weighted by Gasteiger charge is -2.34. The second-order valence-corrected chi connectivity index (χ2v) is 5.66. The second kappa shape index (κ2) is 6.18. The van der Waals surface area contributed by atoms with Gasteiger partial charge in [-0.15, -0.1) is 0 Å². The molecule has 1 aliphatic heterocycles. The van der Waals surface area contributed by atoms with Crippen LogP contribution in [-0.2, 0) is 14.3 Å². The molecule has 18 heavy (non-hydrogen) atoms. The van der Waals surface area contributed by atoms with Crippen molar-refractivity contribution >= 4 is 11.9 Å². The van der Waals surface area contributed by atoms with E-state index in [9.17, 15) is 9.59 Å². The smallest absolute Gasteiger partial charge is 0.410 e. The number of rotatable bonds is 3. The molecular weight excluding hydrogens is 234 g/mol. The van der Waals surface area contributed by atoms with Crippen molar-refractivity contribution in [1.29, 1.82) is 0 Å². The number of carbonyl (C=O) groups excluding carboxylic acids is 2. The molecule has 0 N–H and O–H groups in total. The van der Waals surface area contributed by atoms with E-state index >= 15 is 0 Å². The molecule has 0 bridgehead atoms. The highest BCUT2D eigenvalue weighted by Gasteiger charge is 2.27. The third-order valence-electron chi connectivity index (χ3n) is 2.61. The summed E-state index contributed by atoms with van der Waals surface area (Å²) in [6.45, 7) is 8.65. The maximum Gasteiger partial charge on any atom is 0.410 e. The molecule has 0 aromatic rings. The molecule has 1 unspecified atom stereocenters. The van der Waals surface area contributed by atoms with Gasteiger partial charge in [-0.1, -0.05) is 0 Å². The summed E-state index contributed by atoms with van der Waals surface area (Å²) in [5.74, 6) is 0.146. The molecule has 0 aromatic heterocycles. The topological polar surface area (TPSA) is 55.8 Å². The Bertz CT molecular complexity index is 309. The lowest BCUT2D eigenvalue weighted by atomic mass is 10.1. The fourth-order valence-corrected chi connectivity index (χ4v) is 1.75. The normalized spacial score (nSPS) is 20.7. The zero-order valence-electron chi connectivity index (χ0n) is 11.7. The van der Waals surface area contributed by atoms with Gasteiger partial charge in [0.15, 0.2) is 0 Å². The monoisotopic (exact) mass is 257 g/mol. The van der Waals surface area contributed by atoms with E-state index in [1.807, 2.05) is 20.8 Å². The maximum absolute atomic E-state index is 11.9. The van der Waals surface area contributed by atoms with Crippen LogP contribution in [0, 0.1) is 0 Å². The Morgan fingerprint density at radius 1 is 1.39 bits per heavy atom. The Hall–Kier alpha value is -1.10. The van der Waals surface area contributed by atoms with Gasteiger partial charge in [0.2, 0.25) is 0 Å². The molecule has 0 aromatic carbocycles. The molecule has 0 saturated carbocycles. The van der Waals surface area contributed by atoms with Crippen molar-refractivity contribution in [2.24, 2.45) is 0 Å². The van der Waals surface area contributed by atoms with Crippen LogP contribution in [0.5, 0.6) is 0 Å². The van der Waals surface area contributed by atoms with Crippen molar-refractivity contribution in [1.82, 2.24) is 4.90 Å². The van der Waals surface area contributed by atoms with E-state index in [1.54, 1.807) is 11.8 Å². The first kappa shape index (κ1) is 15.0. The molecule has 1 saturated heterocycles. The summed E-state index contributed by atoms with van der Waals surface area (Å²) in [6, 6.07) is 0. The summed E-state index contributed by atoms with van der Waals surface area (Å²) >= 11 is 0. The zero-order chi connectivity index (χ0) is 13.8. The largest absolute Gasteiger partial charge is 0.444 e. The quantitative estimate of drug-likeness (QED) is 0.776. The van der Waals surface area contributed by atoms with Gasteiger partial charge in [0.05, 0.1) is 19.3 Å². The molecule has 1 rings (SSSR count). The first-order valence-corrected chi connectivity index (χ1v) is 6.37. The van der Waals surface area contributed by atoms with E-state index in [4.69, 9.17) is 9.47 Å². The molecule has 1 heterocycles. The predicted octanol–water partition coefficient (Wildman–Crippen LogP) is 1.99. The summed E-state index contributed by atoms with van der Waals surface area (Å²) in [6.07, 6.45) is 0.787. The van der Waals surface area contributed by atoms with Crippen molar-refractivity contribution in [2.45, 2.75) is 52.2 Å². The number of nitrogens with zero attached hydrogens (tertiary/aromatic N) is 1. The van der Waals surface area contributed by atoms with Gasteiger partial charge in [-0.05, 0) is 34.1 Å².